The Labute approximate surface area is 92.4 Å². The molecule has 0 aliphatic carbocycles. The average Bonchev–Trinajstić information content (AvgIpc) is 2.17. The zero-order valence-corrected chi connectivity index (χ0v) is 9.98. The Morgan fingerprint density at radius 3 is 2.67 bits per heavy atom. The van der Waals surface area contributed by atoms with Gasteiger partial charge in [0.15, 0.2) is 0 Å². The second kappa shape index (κ2) is 8.72. The van der Waals surface area contributed by atoms with Crippen LogP contribution in [0.15, 0.2) is 0 Å². The summed E-state index contributed by atoms with van der Waals surface area (Å²) in [5.41, 5.74) is 0. The summed E-state index contributed by atoms with van der Waals surface area (Å²) < 4.78 is 30.0. The van der Waals surface area contributed by atoms with Gasteiger partial charge in [0, 0.05) is 26.7 Å². The van der Waals surface area contributed by atoms with E-state index in [0.717, 1.165) is 12.8 Å². The Morgan fingerprint density at radius 1 is 1.33 bits per heavy atom. The lowest BCUT2D eigenvalue weighted by Gasteiger charge is -2.05. The van der Waals surface area contributed by atoms with E-state index in [1.54, 1.807) is 7.11 Å². The summed E-state index contributed by atoms with van der Waals surface area (Å²) >= 11 is 0. The van der Waals surface area contributed by atoms with Gasteiger partial charge in [-0.15, -0.1) is 12.3 Å². The van der Waals surface area contributed by atoms with Crippen LogP contribution in [0.1, 0.15) is 25.7 Å². The van der Waals surface area contributed by atoms with Crippen molar-refractivity contribution in [1.29, 1.82) is 0 Å². The van der Waals surface area contributed by atoms with Gasteiger partial charge in [0.2, 0.25) is 10.0 Å². The van der Waals surface area contributed by atoms with Crippen LogP contribution in [0.2, 0.25) is 0 Å². The molecule has 0 heterocycles. The first-order valence-corrected chi connectivity index (χ1v) is 6.67. The standard InChI is InChI=1S/C10H19NO3S/c1-3-4-5-6-8-11-15(12,13)10-7-9-14-2/h1,11H,4-10H2,2H3. The summed E-state index contributed by atoms with van der Waals surface area (Å²) in [6.07, 6.45) is 7.94. The molecule has 0 unspecified atom stereocenters. The lowest BCUT2D eigenvalue weighted by molar-refractivity contribution is 0.199. The van der Waals surface area contributed by atoms with Crippen molar-refractivity contribution in [2.75, 3.05) is 26.0 Å². The highest BCUT2D eigenvalue weighted by Crippen LogP contribution is 1.94. The smallest absolute Gasteiger partial charge is 0.211 e. The first kappa shape index (κ1) is 14.4. The van der Waals surface area contributed by atoms with Crippen molar-refractivity contribution in [2.45, 2.75) is 25.7 Å². The number of methoxy groups -OCH3 is 1. The molecule has 0 spiro atoms. The molecule has 1 N–H and O–H groups in total. The fourth-order valence-corrected chi connectivity index (χ4v) is 2.14. The van der Waals surface area contributed by atoms with Gasteiger partial charge in [-0.1, -0.05) is 0 Å². The van der Waals surface area contributed by atoms with E-state index in [9.17, 15) is 8.42 Å². The number of rotatable bonds is 9. The Bertz CT molecular complexity index is 280. The normalized spacial score (nSPS) is 11.2. The fourth-order valence-electron chi connectivity index (χ4n) is 1.05. The van der Waals surface area contributed by atoms with Crippen molar-refractivity contribution < 1.29 is 13.2 Å². The quantitative estimate of drug-likeness (QED) is 0.472. The molecule has 0 radical (unpaired) electrons. The van der Waals surface area contributed by atoms with E-state index in [0.29, 0.717) is 26.0 Å². The number of sulfonamides is 1. The van der Waals surface area contributed by atoms with E-state index in [4.69, 9.17) is 11.2 Å². The molecule has 4 nitrogen and oxygen atoms in total. The van der Waals surface area contributed by atoms with Crippen molar-refractivity contribution in [3.05, 3.63) is 0 Å². The van der Waals surface area contributed by atoms with Gasteiger partial charge >= 0.3 is 0 Å². The summed E-state index contributed by atoms with van der Waals surface area (Å²) in [7, 11) is -1.57. The summed E-state index contributed by atoms with van der Waals surface area (Å²) in [4.78, 5) is 0. The van der Waals surface area contributed by atoms with Gasteiger partial charge in [-0.05, 0) is 19.3 Å². The van der Waals surface area contributed by atoms with Gasteiger partial charge < -0.3 is 4.74 Å². The zero-order chi connectivity index (χ0) is 11.6. The highest BCUT2D eigenvalue weighted by molar-refractivity contribution is 7.89. The Hall–Kier alpha value is -0.570. The minimum atomic E-state index is -3.12. The molecule has 88 valence electrons. The van der Waals surface area contributed by atoms with Gasteiger partial charge in [0.25, 0.3) is 0 Å². The monoisotopic (exact) mass is 233 g/mol. The van der Waals surface area contributed by atoms with Crippen LogP contribution in [0.3, 0.4) is 0 Å². The molecule has 5 heteroatoms. The second-order valence-corrected chi connectivity index (χ2v) is 5.15. The van der Waals surface area contributed by atoms with Gasteiger partial charge in [0.1, 0.15) is 0 Å². The third-order valence-corrected chi connectivity index (χ3v) is 3.30. The predicted molar refractivity (Wildman–Crippen MR) is 61.0 cm³/mol. The molecular formula is C10H19NO3S. The molecular weight excluding hydrogens is 214 g/mol. The first-order chi connectivity index (χ1) is 7.12. The van der Waals surface area contributed by atoms with Crippen molar-refractivity contribution in [3.8, 4) is 12.3 Å². The van der Waals surface area contributed by atoms with Crippen LogP contribution in [0.4, 0.5) is 0 Å². The van der Waals surface area contributed by atoms with Crippen LogP contribution < -0.4 is 4.72 Å². The maximum atomic E-state index is 11.3. The number of ether oxygens (including phenoxy) is 1. The molecule has 15 heavy (non-hydrogen) atoms. The van der Waals surface area contributed by atoms with Crippen molar-refractivity contribution in [1.82, 2.24) is 4.72 Å². The lowest BCUT2D eigenvalue weighted by atomic mass is 10.2. The largest absolute Gasteiger partial charge is 0.385 e. The minimum absolute atomic E-state index is 0.121. The fraction of sp³-hybridized carbons (Fsp3) is 0.800. The van der Waals surface area contributed by atoms with Crippen LogP contribution in [-0.4, -0.2) is 34.4 Å². The molecule has 0 rings (SSSR count). The van der Waals surface area contributed by atoms with Crippen molar-refractivity contribution in [3.63, 3.8) is 0 Å². The zero-order valence-electron chi connectivity index (χ0n) is 9.16. The SMILES string of the molecule is C#CCCCCNS(=O)(=O)CCCOC. The number of nitrogens with one attached hydrogen (secondary N) is 1. The Kier molecular flexibility index (Phi) is 8.38. The van der Waals surface area contributed by atoms with Crippen molar-refractivity contribution in [2.24, 2.45) is 0 Å². The Morgan fingerprint density at radius 2 is 2.07 bits per heavy atom. The van der Waals surface area contributed by atoms with Gasteiger partial charge in [-0.3, -0.25) is 0 Å². The van der Waals surface area contributed by atoms with Crippen LogP contribution in [0.25, 0.3) is 0 Å². The molecule has 0 aliphatic rings. The number of hydrogen-bond donors (Lipinski definition) is 1. The highest BCUT2D eigenvalue weighted by Gasteiger charge is 2.07. The van der Waals surface area contributed by atoms with E-state index in [-0.39, 0.29) is 5.75 Å². The number of terminal acetylenes is 1. The topological polar surface area (TPSA) is 55.4 Å². The molecule has 0 saturated carbocycles. The summed E-state index contributed by atoms with van der Waals surface area (Å²) in [6.45, 7) is 0.939. The van der Waals surface area contributed by atoms with Crippen LogP contribution in [0, 0.1) is 12.3 Å². The van der Waals surface area contributed by atoms with Crippen LogP contribution in [0.5, 0.6) is 0 Å². The third kappa shape index (κ3) is 9.73. The number of hydrogen-bond acceptors (Lipinski definition) is 3. The highest BCUT2D eigenvalue weighted by atomic mass is 32.2. The maximum Gasteiger partial charge on any atom is 0.211 e. The second-order valence-electron chi connectivity index (χ2n) is 3.22. The van der Waals surface area contributed by atoms with Gasteiger partial charge in [0.05, 0.1) is 5.75 Å². The molecule has 0 aromatic rings. The third-order valence-electron chi connectivity index (χ3n) is 1.83. The lowest BCUT2D eigenvalue weighted by Crippen LogP contribution is -2.27. The summed E-state index contributed by atoms with van der Waals surface area (Å²) in [5.74, 6) is 2.63. The molecule has 0 saturated heterocycles. The van der Waals surface area contributed by atoms with Gasteiger partial charge in [-0.25, -0.2) is 13.1 Å². The molecule has 0 aromatic carbocycles. The first-order valence-electron chi connectivity index (χ1n) is 5.02. The molecule has 0 bridgehead atoms. The van der Waals surface area contributed by atoms with Crippen LogP contribution >= 0.6 is 0 Å². The van der Waals surface area contributed by atoms with Crippen LogP contribution in [-0.2, 0) is 14.8 Å². The van der Waals surface area contributed by atoms with Gasteiger partial charge in [-0.2, -0.15) is 0 Å². The predicted octanol–water partition coefficient (Wildman–Crippen LogP) is 0.746. The molecule has 0 fully saturated rings. The Balaban J connectivity index is 3.53. The molecule has 0 amide bonds. The van der Waals surface area contributed by atoms with E-state index < -0.39 is 10.0 Å². The van der Waals surface area contributed by atoms with E-state index in [1.165, 1.54) is 0 Å². The maximum absolute atomic E-state index is 11.3. The average molecular weight is 233 g/mol. The molecule has 0 atom stereocenters. The van der Waals surface area contributed by atoms with E-state index in [1.807, 2.05) is 0 Å². The van der Waals surface area contributed by atoms with E-state index >= 15 is 0 Å². The molecule has 0 aromatic heterocycles. The minimum Gasteiger partial charge on any atom is -0.385 e. The molecule has 0 aliphatic heterocycles. The summed E-state index contributed by atoms with van der Waals surface area (Å²) in [5, 5.41) is 0. The summed E-state index contributed by atoms with van der Waals surface area (Å²) in [6, 6.07) is 0. The van der Waals surface area contributed by atoms with E-state index in [2.05, 4.69) is 10.6 Å². The number of unbranched alkanes of at least 4 members (excludes halogenated alkanes) is 2. The van der Waals surface area contributed by atoms with Crippen molar-refractivity contribution >= 4 is 10.0 Å².